The highest BCUT2D eigenvalue weighted by atomic mass is 19.1. The van der Waals surface area contributed by atoms with E-state index >= 15 is 0 Å². The highest BCUT2D eigenvalue weighted by Crippen LogP contribution is 2.12. The van der Waals surface area contributed by atoms with Crippen LogP contribution in [0, 0.1) is 5.82 Å². The fraction of sp³-hybridized carbons (Fsp3) is 0.360. The van der Waals surface area contributed by atoms with Crippen LogP contribution in [0.25, 0.3) is 0 Å². The molecule has 3 aromatic rings. The van der Waals surface area contributed by atoms with E-state index in [0.717, 1.165) is 16.8 Å². The highest BCUT2D eigenvalue weighted by molar-refractivity contribution is 5.18. The Bertz CT molecular complexity index is 883. The van der Waals surface area contributed by atoms with Crippen molar-refractivity contribution < 1.29 is 19.0 Å². The lowest BCUT2D eigenvalue weighted by Crippen LogP contribution is -2.37. The second kappa shape index (κ2) is 12.4. The van der Waals surface area contributed by atoms with E-state index in [4.69, 9.17) is 9.47 Å². The summed E-state index contributed by atoms with van der Waals surface area (Å²) in [6.45, 7) is 3.87. The van der Waals surface area contributed by atoms with Crippen molar-refractivity contribution in [3.05, 3.63) is 95.6 Å². The molecule has 2 aromatic carbocycles. The predicted octanol–water partition coefficient (Wildman–Crippen LogP) is 3.70. The summed E-state index contributed by atoms with van der Waals surface area (Å²) in [6.07, 6.45) is 1.42. The van der Waals surface area contributed by atoms with Gasteiger partial charge >= 0.3 is 0 Å². The first-order valence-electron chi connectivity index (χ1n) is 10.5. The van der Waals surface area contributed by atoms with Crippen LogP contribution in [0.3, 0.4) is 0 Å². The number of rotatable bonds is 13. The van der Waals surface area contributed by atoms with Gasteiger partial charge in [-0.15, -0.1) is 0 Å². The number of ether oxygens (including phenoxy) is 2. The van der Waals surface area contributed by atoms with Crippen molar-refractivity contribution in [1.29, 1.82) is 0 Å². The van der Waals surface area contributed by atoms with Crippen LogP contribution in [0.2, 0.25) is 0 Å². The van der Waals surface area contributed by atoms with Crippen molar-refractivity contribution in [1.82, 2.24) is 9.47 Å². The van der Waals surface area contributed by atoms with Gasteiger partial charge in [-0.3, -0.25) is 4.90 Å². The molecule has 0 radical (unpaired) electrons. The number of halogens is 1. The quantitative estimate of drug-likeness (QED) is 0.453. The molecule has 1 N–H and O–H groups in total. The molecule has 0 fully saturated rings. The lowest BCUT2D eigenvalue weighted by molar-refractivity contribution is 0.00443. The van der Waals surface area contributed by atoms with Gasteiger partial charge < -0.3 is 19.1 Å². The van der Waals surface area contributed by atoms with Crippen molar-refractivity contribution in [3.8, 4) is 0 Å². The third-order valence-corrected chi connectivity index (χ3v) is 5.08. The summed E-state index contributed by atoms with van der Waals surface area (Å²) < 4.78 is 26.3. The zero-order valence-corrected chi connectivity index (χ0v) is 18.0. The molecule has 0 amide bonds. The minimum absolute atomic E-state index is 0.231. The molecule has 31 heavy (non-hydrogen) atoms. The third kappa shape index (κ3) is 7.92. The standard InChI is InChI=1S/C25H31FN2O3/c1-30-15-14-27(18-25(29)20-31-19-22-6-3-2-4-7-22)17-24-8-5-13-28(24)16-21-9-11-23(26)12-10-21/h2-13,25,29H,14-20H2,1H3. The van der Waals surface area contributed by atoms with Gasteiger partial charge in [0.1, 0.15) is 5.82 Å². The summed E-state index contributed by atoms with van der Waals surface area (Å²) >= 11 is 0. The second-order valence-electron chi connectivity index (χ2n) is 7.64. The first-order valence-corrected chi connectivity index (χ1v) is 10.5. The Labute approximate surface area is 183 Å². The smallest absolute Gasteiger partial charge is 0.123 e. The van der Waals surface area contributed by atoms with E-state index in [1.54, 1.807) is 19.2 Å². The molecule has 1 atom stereocenters. The van der Waals surface area contributed by atoms with Gasteiger partial charge in [0.15, 0.2) is 0 Å². The van der Waals surface area contributed by atoms with E-state index < -0.39 is 6.10 Å². The molecular weight excluding hydrogens is 395 g/mol. The molecule has 0 saturated heterocycles. The Morgan fingerprint density at radius 1 is 1.00 bits per heavy atom. The molecule has 166 valence electrons. The zero-order chi connectivity index (χ0) is 21.9. The number of nitrogens with zero attached hydrogens (tertiary/aromatic N) is 2. The number of aliphatic hydroxyl groups excluding tert-OH is 1. The molecule has 5 nitrogen and oxygen atoms in total. The van der Waals surface area contributed by atoms with Crippen LogP contribution in [0.5, 0.6) is 0 Å². The molecule has 6 heteroatoms. The molecule has 0 aliphatic heterocycles. The average molecular weight is 427 g/mol. The molecule has 0 spiro atoms. The Balaban J connectivity index is 1.54. The van der Waals surface area contributed by atoms with Crippen LogP contribution < -0.4 is 0 Å². The van der Waals surface area contributed by atoms with Crippen LogP contribution in [0.15, 0.2) is 72.9 Å². The van der Waals surface area contributed by atoms with Crippen molar-refractivity contribution in [2.24, 2.45) is 0 Å². The van der Waals surface area contributed by atoms with E-state index in [1.807, 2.05) is 42.6 Å². The van der Waals surface area contributed by atoms with Crippen LogP contribution in [-0.2, 0) is 29.2 Å². The minimum Gasteiger partial charge on any atom is -0.389 e. The highest BCUT2D eigenvalue weighted by Gasteiger charge is 2.15. The van der Waals surface area contributed by atoms with Gasteiger partial charge in [-0.05, 0) is 35.4 Å². The molecule has 0 aliphatic carbocycles. The summed E-state index contributed by atoms with van der Waals surface area (Å²) in [5.74, 6) is -0.231. The lowest BCUT2D eigenvalue weighted by atomic mass is 10.2. The number of benzene rings is 2. The molecule has 3 rings (SSSR count). The third-order valence-electron chi connectivity index (χ3n) is 5.08. The van der Waals surface area contributed by atoms with Gasteiger partial charge in [-0.1, -0.05) is 42.5 Å². The summed E-state index contributed by atoms with van der Waals surface area (Å²) in [5.41, 5.74) is 3.25. The van der Waals surface area contributed by atoms with Crippen molar-refractivity contribution >= 4 is 0 Å². The van der Waals surface area contributed by atoms with Crippen LogP contribution in [0.4, 0.5) is 4.39 Å². The molecule has 0 aliphatic rings. The van der Waals surface area contributed by atoms with Crippen molar-refractivity contribution in [2.75, 3.05) is 33.4 Å². The SMILES string of the molecule is COCCN(Cc1cccn1Cc1ccc(F)cc1)CC(O)COCc1ccccc1. The van der Waals surface area contributed by atoms with E-state index in [0.29, 0.717) is 39.4 Å². The summed E-state index contributed by atoms with van der Waals surface area (Å²) in [5, 5.41) is 10.5. The fourth-order valence-electron chi connectivity index (χ4n) is 3.46. The Hall–Kier alpha value is -2.51. The molecule has 1 unspecified atom stereocenters. The predicted molar refractivity (Wildman–Crippen MR) is 119 cm³/mol. The maximum absolute atomic E-state index is 13.2. The van der Waals surface area contributed by atoms with E-state index in [-0.39, 0.29) is 12.4 Å². The van der Waals surface area contributed by atoms with E-state index in [9.17, 15) is 9.50 Å². The van der Waals surface area contributed by atoms with Gasteiger partial charge in [0.2, 0.25) is 0 Å². The van der Waals surface area contributed by atoms with E-state index in [1.165, 1.54) is 12.1 Å². The molecule has 1 aromatic heterocycles. The second-order valence-corrected chi connectivity index (χ2v) is 7.64. The fourth-order valence-corrected chi connectivity index (χ4v) is 3.46. The molecular formula is C25H31FN2O3. The van der Waals surface area contributed by atoms with Crippen LogP contribution in [-0.4, -0.2) is 54.1 Å². The van der Waals surface area contributed by atoms with Crippen molar-refractivity contribution in [2.45, 2.75) is 25.8 Å². The normalized spacial score (nSPS) is 12.4. The van der Waals surface area contributed by atoms with Crippen LogP contribution >= 0.6 is 0 Å². The van der Waals surface area contributed by atoms with Gasteiger partial charge in [-0.2, -0.15) is 0 Å². The average Bonchev–Trinajstić information content (AvgIpc) is 3.21. The monoisotopic (exact) mass is 426 g/mol. The number of aliphatic hydroxyl groups is 1. The maximum atomic E-state index is 13.2. The summed E-state index contributed by atoms with van der Waals surface area (Å²) in [6, 6.07) is 20.6. The zero-order valence-electron chi connectivity index (χ0n) is 18.0. The van der Waals surface area contributed by atoms with Crippen molar-refractivity contribution in [3.63, 3.8) is 0 Å². The van der Waals surface area contributed by atoms with Gasteiger partial charge in [-0.25, -0.2) is 4.39 Å². The number of hydrogen-bond acceptors (Lipinski definition) is 4. The molecule has 0 bridgehead atoms. The van der Waals surface area contributed by atoms with Gasteiger partial charge in [0.05, 0.1) is 25.9 Å². The molecule has 0 saturated carbocycles. The lowest BCUT2D eigenvalue weighted by Gasteiger charge is -2.25. The van der Waals surface area contributed by atoms with Gasteiger partial charge in [0, 0.05) is 45.2 Å². The summed E-state index contributed by atoms with van der Waals surface area (Å²) in [7, 11) is 1.68. The van der Waals surface area contributed by atoms with Crippen LogP contribution in [0.1, 0.15) is 16.8 Å². The van der Waals surface area contributed by atoms with Gasteiger partial charge in [0.25, 0.3) is 0 Å². The number of hydrogen-bond donors (Lipinski definition) is 1. The molecule has 1 heterocycles. The first kappa shape index (κ1) is 23.2. The topological polar surface area (TPSA) is 46.9 Å². The number of aromatic nitrogens is 1. The Morgan fingerprint density at radius 2 is 1.77 bits per heavy atom. The first-order chi connectivity index (χ1) is 15.1. The number of methoxy groups -OCH3 is 1. The summed E-state index contributed by atoms with van der Waals surface area (Å²) in [4.78, 5) is 2.16. The van der Waals surface area contributed by atoms with E-state index in [2.05, 4.69) is 15.5 Å². The minimum atomic E-state index is -0.596. The largest absolute Gasteiger partial charge is 0.389 e. The maximum Gasteiger partial charge on any atom is 0.123 e. The Morgan fingerprint density at radius 3 is 2.52 bits per heavy atom. The Kier molecular flexibility index (Phi) is 9.24.